The number of amides is 1. The molecular weight excluding hydrogens is 250 g/mol. The van der Waals surface area contributed by atoms with Crippen molar-refractivity contribution in [3.63, 3.8) is 0 Å². The predicted molar refractivity (Wildman–Crippen MR) is 81.7 cm³/mol. The summed E-state index contributed by atoms with van der Waals surface area (Å²) in [7, 11) is 0. The Morgan fingerprint density at radius 1 is 1.25 bits per heavy atom. The highest BCUT2D eigenvalue weighted by molar-refractivity contribution is 5.69. The molecule has 0 N–H and O–H groups in total. The molecular formula is C17H23NO2. The second kappa shape index (κ2) is 5.31. The molecule has 0 aliphatic carbocycles. The maximum Gasteiger partial charge on any atom is 0.410 e. The third-order valence-corrected chi connectivity index (χ3v) is 3.41. The van der Waals surface area contributed by atoms with E-state index in [1.165, 1.54) is 5.56 Å². The smallest absolute Gasteiger partial charge is 0.410 e. The third-order valence-electron chi connectivity index (χ3n) is 3.41. The van der Waals surface area contributed by atoms with Crippen LogP contribution in [0.25, 0.3) is 5.57 Å². The van der Waals surface area contributed by atoms with Crippen LogP contribution >= 0.6 is 0 Å². The highest BCUT2D eigenvalue weighted by atomic mass is 16.6. The number of hydrogen-bond acceptors (Lipinski definition) is 2. The molecule has 20 heavy (non-hydrogen) atoms. The van der Waals surface area contributed by atoms with Crippen LogP contribution in [0.4, 0.5) is 4.79 Å². The zero-order valence-corrected chi connectivity index (χ0v) is 12.8. The van der Waals surface area contributed by atoms with E-state index in [-0.39, 0.29) is 6.09 Å². The van der Waals surface area contributed by atoms with Gasteiger partial charge in [-0.25, -0.2) is 4.79 Å². The van der Waals surface area contributed by atoms with E-state index >= 15 is 0 Å². The molecule has 1 aromatic rings. The first kappa shape index (κ1) is 14.6. The van der Waals surface area contributed by atoms with Gasteiger partial charge in [-0.05, 0) is 38.8 Å². The molecule has 2 rings (SSSR count). The molecule has 1 aliphatic heterocycles. The fraction of sp³-hybridized carbons (Fsp3) is 0.471. The Hall–Kier alpha value is -1.77. The van der Waals surface area contributed by atoms with Crippen LogP contribution in [0.15, 0.2) is 30.8 Å². The average Bonchev–Trinajstić information content (AvgIpc) is 2.25. The van der Waals surface area contributed by atoms with Crippen LogP contribution in [-0.2, 0) is 4.74 Å². The Labute approximate surface area is 121 Å². The first-order valence-corrected chi connectivity index (χ1v) is 7.00. The number of carbonyl (C=O) groups excluding carboxylic acids is 1. The number of carbonyl (C=O) groups is 1. The summed E-state index contributed by atoms with van der Waals surface area (Å²) < 4.78 is 5.35. The van der Waals surface area contributed by atoms with E-state index in [0.29, 0.717) is 5.92 Å². The Morgan fingerprint density at radius 2 is 1.80 bits per heavy atom. The molecule has 0 saturated carbocycles. The van der Waals surface area contributed by atoms with E-state index in [0.717, 1.165) is 24.2 Å². The lowest BCUT2D eigenvalue weighted by atomic mass is 9.91. The SMILES string of the molecule is C=C(C)c1ccc(C2CN(C(=O)OC(C)(C)C)C2)cc1. The quantitative estimate of drug-likeness (QED) is 0.813. The molecule has 0 aromatic heterocycles. The van der Waals surface area contributed by atoms with Crippen molar-refractivity contribution in [1.29, 1.82) is 0 Å². The van der Waals surface area contributed by atoms with E-state index in [9.17, 15) is 4.79 Å². The van der Waals surface area contributed by atoms with E-state index in [1.54, 1.807) is 4.90 Å². The number of nitrogens with zero attached hydrogens (tertiary/aromatic N) is 1. The Bertz CT molecular complexity index is 505. The van der Waals surface area contributed by atoms with Gasteiger partial charge in [0, 0.05) is 19.0 Å². The maximum absolute atomic E-state index is 11.9. The van der Waals surface area contributed by atoms with Gasteiger partial charge in [0.15, 0.2) is 0 Å². The minimum absolute atomic E-state index is 0.215. The van der Waals surface area contributed by atoms with Crippen LogP contribution in [0.5, 0.6) is 0 Å². The first-order valence-electron chi connectivity index (χ1n) is 7.00. The fourth-order valence-corrected chi connectivity index (χ4v) is 2.20. The lowest BCUT2D eigenvalue weighted by Gasteiger charge is -2.40. The van der Waals surface area contributed by atoms with Gasteiger partial charge in [0.2, 0.25) is 0 Å². The molecule has 1 aromatic carbocycles. The van der Waals surface area contributed by atoms with Gasteiger partial charge in [0.1, 0.15) is 5.60 Å². The molecule has 0 spiro atoms. The van der Waals surface area contributed by atoms with Gasteiger partial charge in [0.05, 0.1) is 0 Å². The van der Waals surface area contributed by atoms with Crippen LogP contribution in [0.3, 0.4) is 0 Å². The highest BCUT2D eigenvalue weighted by Gasteiger charge is 2.34. The summed E-state index contributed by atoms with van der Waals surface area (Å²) in [6, 6.07) is 8.43. The Morgan fingerprint density at radius 3 is 2.25 bits per heavy atom. The number of hydrogen-bond donors (Lipinski definition) is 0. The highest BCUT2D eigenvalue weighted by Crippen LogP contribution is 2.29. The molecule has 3 nitrogen and oxygen atoms in total. The zero-order valence-electron chi connectivity index (χ0n) is 12.8. The Kier molecular flexibility index (Phi) is 3.89. The van der Waals surface area contributed by atoms with Gasteiger partial charge in [-0.15, -0.1) is 0 Å². The number of likely N-dealkylation sites (tertiary alicyclic amines) is 1. The van der Waals surface area contributed by atoms with Crippen molar-refractivity contribution in [3.8, 4) is 0 Å². The molecule has 0 bridgehead atoms. The van der Waals surface area contributed by atoms with Crippen LogP contribution < -0.4 is 0 Å². The van der Waals surface area contributed by atoms with Crippen molar-refractivity contribution in [3.05, 3.63) is 42.0 Å². The predicted octanol–water partition coefficient (Wildman–Crippen LogP) is 4.05. The van der Waals surface area contributed by atoms with Gasteiger partial charge in [0.25, 0.3) is 0 Å². The van der Waals surface area contributed by atoms with Crippen molar-refractivity contribution in [1.82, 2.24) is 4.90 Å². The number of benzene rings is 1. The van der Waals surface area contributed by atoms with Crippen LogP contribution in [-0.4, -0.2) is 29.7 Å². The summed E-state index contributed by atoms with van der Waals surface area (Å²) >= 11 is 0. The average molecular weight is 273 g/mol. The van der Waals surface area contributed by atoms with Crippen LogP contribution in [0.1, 0.15) is 44.7 Å². The van der Waals surface area contributed by atoms with Gasteiger partial charge >= 0.3 is 6.09 Å². The van der Waals surface area contributed by atoms with Crippen molar-refractivity contribution in [2.75, 3.05) is 13.1 Å². The minimum atomic E-state index is -0.425. The summed E-state index contributed by atoms with van der Waals surface area (Å²) in [5, 5.41) is 0. The maximum atomic E-state index is 11.9. The van der Waals surface area contributed by atoms with Gasteiger partial charge in [-0.1, -0.05) is 36.4 Å². The molecule has 1 aliphatic rings. The molecule has 0 atom stereocenters. The topological polar surface area (TPSA) is 29.5 Å². The summed E-state index contributed by atoms with van der Waals surface area (Å²) in [6.45, 7) is 13.1. The third kappa shape index (κ3) is 3.41. The van der Waals surface area contributed by atoms with Crippen LogP contribution in [0.2, 0.25) is 0 Å². The molecule has 108 valence electrons. The molecule has 0 unspecified atom stereocenters. The molecule has 1 heterocycles. The number of rotatable bonds is 2. The van der Waals surface area contributed by atoms with Crippen molar-refractivity contribution < 1.29 is 9.53 Å². The first-order chi connectivity index (χ1) is 9.26. The standard InChI is InChI=1S/C17H23NO2/c1-12(2)13-6-8-14(9-7-13)15-10-18(11-15)16(19)20-17(3,4)5/h6-9,15H,1,10-11H2,2-5H3. The Balaban J connectivity index is 1.90. The van der Waals surface area contributed by atoms with E-state index in [2.05, 4.69) is 30.8 Å². The number of allylic oxidation sites excluding steroid dienone is 1. The normalized spacial score (nSPS) is 15.7. The summed E-state index contributed by atoms with van der Waals surface area (Å²) in [4.78, 5) is 13.6. The van der Waals surface area contributed by atoms with E-state index in [1.807, 2.05) is 27.7 Å². The number of ether oxygens (including phenoxy) is 1. The summed E-state index contributed by atoms with van der Waals surface area (Å²) in [6.07, 6.45) is -0.215. The van der Waals surface area contributed by atoms with Crippen molar-refractivity contribution >= 4 is 11.7 Å². The van der Waals surface area contributed by atoms with Gasteiger partial charge in [-0.3, -0.25) is 0 Å². The fourth-order valence-electron chi connectivity index (χ4n) is 2.20. The lowest BCUT2D eigenvalue weighted by molar-refractivity contribution is 0.00820. The second-order valence-electron chi connectivity index (χ2n) is 6.48. The summed E-state index contributed by atoms with van der Waals surface area (Å²) in [5.74, 6) is 0.418. The monoisotopic (exact) mass is 273 g/mol. The summed E-state index contributed by atoms with van der Waals surface area (Å²) in [5.41, 5.74) is 3.08. The van der Waals surface area contributed by atoms with E-state index in [4.69, 9.17) is 4.74 Å². The molecule has 1 saturated heterocycles. The van der Waals surface area contributed by atoms with Gasteiger partial charge < -0.3 is 9.64 Å². The van der Waals surface area contributed by atoms with Gasteiger partial charge in [-0.2, -0.15) is 0 Å². The van der Waals surface area contributed by atoms with Crippen LogP contribution in [0, 0.1) is 0 Å². The second-order valence-corrected chi connectivity index (χ2v) is 6.48. The van der Waals surface area contributed by atoms with Crippen molar-refractivity contribution in [2.24, 2.45) is 0 Å². The molecule has 1 amide bonds. The molecule has 3 heteroatoms. The molecule has 1 fully saturated rings. The zero-order chi connectivity index (χ0) is 14.9. The molecule has 0 radical (unpaired) electrons. The largest absolute Gasteiger partial charge is 0.444 e. The van der Waals surface area contributed by atoms with Crippen molar-refractivity contribution in [2.45, 2.75) is 39.2 Å². The van der Waals surface area contributed by atoms with E-state index < -0.39 is 5.60 Å². The minimum Gasteiger partial charge on any atom is -0.444 e. The lowest BCUT2D eigenvalue weighted by Crippen LogP contribution is -2.50.